The molecule has 4 heteroatoms. The Morgan fingerprint density at radius 2 is 2.33 bits per heavy atom. The molecule has 0 aromatic rings. The van der Waals surface area contributed by atoms with E-state index in [1.54, 1.807) is 0 Å². The summed E-state index contributed by atoms with van der Waals surface area (Å²) in [5.41, 5.74) is 6.20. The van der Waals surface area contributed by atoms with E-state index < -0.39 is 12.0 Å². The summed E-state index contributed by atoms with van der Waals surface area (Å²) in [5.74, 6) is -1.04. The topological polar surface area (TPSA) is 72.5 Å². The molecule has 3 N–H and O–H groups in total. The number of carboxylic acids is 1. The van der Waals surface area contributed by atoms with E-state index in [0.717, 1.165) is 12.0 Å². The predicted molar refractivity (Wildman–Crippen MR) is 45.9 cm³/mol. The van der Waals surface area contributed by atoms with Gasteiger partial charge in [-0.05, 0) is 13.3 Å². The minimum Gasteiger partial charge on any atom is -0.480 e. The molecule has 4 nitrogen and oxygen atoms in total. The van der Waals surface area contributed by atoms with Crippen molar-refractivity contribution in [3.8, 4) is 0 Å². The monoisotopic (exact) mass is 173 g/mol. The summed E-state index contributed by atoms with van der Waals surface area (Å²) in [6.07, 6.45) is 0.742. The van der Waals surface area contributed by atoms with Crippen molar-refractivity contribution in [3.05, 3.63) is 12.2 Å². The first-order chi connectivity index (χ1) is 5.54. The van der Waals surface area contributed by atoms with Crippen molar-refractivity contribution >= 4 is 5.97 Å². The minimum absolute atomic E-state index is 0.0581. The van der Waals surface area contributed by atoms with Crippen LogP contribution in [0.15, 0.2) is 12.2 Å². The van der Waals surface area contributed by atoms with Gasteiger partial charge in [0, 0.05) is 0 Å². The molecule has 0 aliphatic rings. The molecule has 0 saturated carbocycles. The molecule has 0 fully saturated rings. The molecule has 1 atom stereocenters. The van der Waals surface area contributed by atoms with E-state index >= 15 is 0 Å². The lowest BCUT2D eigenvalue weighted by Crippen LogP contribution is -2.34. The van der Waals surface area contributed by atoms with Crippen LogP contribution in [-0.2, 0) is 9.53 Å². The third kappa shape index (κ3) is 5.88. The largest absolute Gasteiger partial charge is 0.480 e. The fraction of sp³-hybridized carbons (Fsp3) is 0.625. The Morgan fingerprint density at radius 1 is 1.75 bits per heavy atom. The molecule has 1 unspecified atom stereocenters. The lowest BCUT2D eigenvalue weighted by Gasteiger charge is -2.06. The summed E-state index contributed by atoms with van der Waals surface area (Å²) in [6.45, 7) is 6.11. The Balaban J connectivity index is 3.31. The van der Waals surface area contributed by atoms with Crippen LogP contribution in [-0.4, -0.2) is 30.3 Å². The SMILES string of the molecule is C=C(C)CCOCC(N)C(=O)O. The van der Waals surface area contributed by atoms with Crippen molar-refractivity contribution in [2.45, 2.75) is 19.4 Å². The molecule has 70 valence electrons. The number of aliphatic carboxylic acids is 1. The summed E-state index contributed by atoms with van der Waals surface area (Å²) in [5, 5.41) is 8.37. The quantitative estimate of drug-likeness (QED) is 0.450. The van der Waals surface area contributed by atoms with Gasteiger partial charge in [0.2, 0.25) is 0 Å². The summed E-state index contributed by atoms with van der Waals surface area (Å²) < 4.78 is 5.00. The first kappa shape index (κ1) is 11.1. The van der Waals surface area contributed by atoms with Crippen LogP contribution in [0, 0.1) is 0 Å². The molecule has 0 spiro atoms. The van der Waals surface area contributed by atoms with Gasteiger partial charge in [-0.25, -0.2) is 0 Å². The maximum Gasteiger partial charge on any atom is 0.322 e. The maximum absolute atomic E-state index is 10.2. The molecule has 0 heterocycles. The molecule has 0 amide bonds. The highest BCUT2D eigenvalue weighted by Crippen LogP contribution is 1.95. The van der Waals surface area contributed by atoms with Gasteiger partial charge in [0.1, 0.15) is 6.04 Å². The van der Waals surface area contributed by atoms with Crippen molar-refractivity contribution in [1.82, 2.24) is 0 Å². The Bertz CT molecular complexity index is 168. The normalized spacial score (nSPS) is 12.5. The molecular formula is C8H15NO3. The molecule has 0 saturated heterocycles. The van der Waals surface area contributed by atoms with Gasteiger partial charge in [0.05, 0.1) is 13.2 Å². The van der Waals surface area contributed by atoms with Gasteiger partial charge in [-0.15, -0.1) is 6.58 Å². The van der Waals surface area contributed by atoms with Crippen LogP contribution in [0.25, 0.3) is 0 Å². The van der Waals surface area contributed by atoms with Gasteiger partial charge >= 0.3 is 5.97 Å². The Kier molecular flexibility index (Phi) is 5.32. The Hall–Kier alpha value is -0.870. The van der Waals surface area contributed by atoms with Crippen LogP contribution in [0.1, 0.15) is 13.3 Å². The van der Waals surface area contributed by atoms with Gasteiger partial charge in [-0.1, -0.05) is 5.57 Å². The molecule has 0 aromatic heterocycles. The summed E-state index contributed by atoms with van der Waals surface area (Å²) in [7, 11) is 0. The van der Waals surface area contributed by atoms with Crippen LogP contribution >= 0.6 is 0 Å². The van der Waals surface area contributed by atoms with Crippen LogP contribution < -0.4 is 5.73 Å². The molecule has 0 rings (SSSR count). The van der Waals surface area contributed by atoms with Gasteiger partial charge < -0.3 is 15.6 Å². The van der Waals surface area contributed by atoms with Crippen LogP contribution in [0.4, 0.5) is 0 Å². The van der Waals surface area contributed by atoms with Crippen molar-refractivity contribution in [2.24, 2.45) is 5.73 Å². The highest BCUT2D eigenvalue weighted by atomic mass is 16.5. The van der Waals surface area contributed by atoms with E-state index in [9.17, 15) is 4.79 Å². The molecule has 0 radical (unpaired) electrons. The lowest BCUT2D eigenvalue weighted by atomic mass is 10.3. The van der Waals surface area contributed by atoms with Crippen LogP contribution in [0.2, 0.25) is 0 Å². The average molecular weight is 173 g/mol. The van der Waals surface area contributed by atoms with E-state index in [-0.39, 0.29) is 6.61 Å². The van der Waals surface area contributed by atoms with E-state index in [4.69, 9.17) is 15.6 Å². The second-order valence-electron chi connectivity index (χ2n) is 2.73. The fourth-order valence-electron chi connectivity index (χ4n) is 0.528. The molecule has 12 heavy (non-hydrogen) atoms. The standard InChI is InChI=1S/C8H15NO3/c1-6(2)3-4-12-5-7(9)8(10)11/h7H,1,3-5,9H2,2H3,(H,10,11). The average Bonchev–Trinajstić information content (AvgIpc) is 1.97. The van der Waals surface area contributed by atoms with Crippen molar-refractivity contribution in [3.63, 3.8) is 0 Å². The lowest BCUT2D eigenvalue weighted by molar-refractivity contribution is -0.139. The molecule has 0 aliphatic carbocycles. The van der Waals surface area contributed by atoms with Crippen LogP contribution in [0.3, 0.4) is 0 Å². The van der Waals surface area contributed by atoms with Gasteiger partial charge in [-0.3, -0.25) is 4.79 Å². The van der Waals surface area contributed by atoms with Crippen molar-refractivity contribution < 1.29 is 14.6 Å². The summed E-state index contributed by atoms with van der Waals surface area (Å²) in [4.78, 5) is 10.2. The molecule has 0 bridgehead atoms. The second kappa shape index (κ2) is 5.74. The maximum atomic E-state index is 10.2. The molecule has 0 aliphatic heterocycles. The third-order valence-corrected chi connectivity index (χ3v) is 1.29. The zero-order valence-electron chi connectivity index (χ0n) is 7.25. The number of nitrogens with two attached hydrogens (primary N) is 1. The number of hydrogen-bond acceptors (Lipinski definition) is 3. The second-order valence-corrected chi connectivity index (χ2v) is 2.73. The van der Waals surface area contributed by atoms with E-state index in [1.807, 2.05) is 6.92 Å². The highest BCUT2D eigenvalue weighted by Gasteiger charge is 2.10. The Morgan fingerprint density at radius 3 is 2.75 bits per heavy atom. The first-order valence-corrected chi connectivity index (χ1v) is 3.74. The van der Waals surface area contributed by atoms with Crippen molar-refractivity contribution in [1.29, 1.82) is 0 Å². The first-order valence-electron chi connectivity index (χ1n) is 3.74. The number of hydrogen-bond donors (Lipinski definition) is 2. The minimum atomic E-state index is -1.04. The number of rotatable bonds is 6. The van der Waals surface area contributed by atoms with E-state index in [0.29, 0.717) is 6.61 Å². The number of ether oxygens (including phenoxy) is 1. The summed E-state index contributed by atoms with van der Waals surface area (Å²) >= 11 is 0. The van der Waals surface area contributed by atoms with Crippen LogP contribution in [0.5, 0.6) is 0 Å². The van der Waals surface area contributed by atoms with Gasteiger partial charge in [0.25, 0.3) is 0 Å². The number of carbonyl (C=O) groups is 1. The van der Waals surface area contributed by atoms with Gasteiger partial charge in [0.15, 0.2) is 0 Å². The fourth-order valence-corrected chi connectivity index (χ4v) is 0.528. The van der Waals surface area contributed by atoms with Crippen molar-refractivity contribution in [2.75, 3.05) is 13.2 Å². The molecular weight excluding hydrogens is 158 g/mol. The highest BCUT2D eigenvalue weighted by molar-refractivity contribution is 5.73. The zero-order valence-corrected chi connectivity index (χ0v) is 7.25. The van der Waals surface area contributed by atoms with E-state index in [2.05, 4.69) is 6.58 Å². The third-order valence-electron chi connectivity index (χ3n) is 1.29. The zero-order chi connectivity index (χ0) is 9.56. The smallest absolute Gasteiger partial charge is 0.322 e. The van der Waals surface area contributed by atoms with Gasteiger partial charge in [-0.2, -0.15) is 0 Å². The molecule has 0 aromatic carbocycles. The number of carboxylic acid groups (broad SMARTS) is 1. The Labute approximate surface area is 72.0 Å². The predicted octanol–water partition coefficient (Wildman–Crippen LogP) is 0.381. The summed E-state index contributed by atoms with van der Waals surface area (Å²) in [6, 6.07) is -0.921. The van der Waals surface area contributed by atoms with E-state index in [1.165, 1.54) is 0 Å².